The van der Waals surface area contributed by atoms with E-state index < -0.39 is 18.2 Å². The van der Waals surface area contributed by atoms with Crippen LogP contribution in [0.2, 0.25) is 0 Å². The van der Waals surface area contributed by atoms with Crippen LogP contribution in [0.4, 0.5) is 0 Å². The molecule has 0 bridgehead atoms. The topological polar surface area (TPSA) is 292 Å². The molecule has 3 unspecified atom stereocenters. The van der Waals surface area contributed by atoms with Crippen LogP contribution < -0.4 is 30.6 Å². The summed E-state index contributed by atoms with van der Waals surface area (Å²) in [6.07, 6.45) is 10.8. The fraction of sp³-hybridized carbons (Fsp3) is 0.488. The lowest BCUT2D eigenvalue weighted by Crippen LogP contribution is -2.46. The van der Waals surface area contributed by atoms with E-state index in [1.54, 1.807) is 56.3 Å². The van der Waals surface area contributed by atoms with Gasteiger partial charge in [0.05, 0.1) is 36.5 Å². The first-order chi connectivity index (χ1) is 47.8. The van der Waals surface area contributed by atoms with Gasteiger partial charge in [0, 0.05) is 49.0 Å². The van der Waals surface area contributed by atoms with Crippen molar-refractivity contribution in [1.29, 1.82) is 15.8 Å². The van der Waals surface area contributed by atoms with Crippen molar-refractivity contribution in [2.24, 2.45) is 23.5 Å². The number of hydrogen-bond donors (Lipinski definition) is 6. The van der Waals surface area contributed by atoms with Crippen LogP contribution in [0.1, 0.15) is 161 Å². The number of rotatable bonds is 32. The van der Waals surface area contributed by atoms with Crippen molar-refractivity contribution in [1.82, 2.24) is 10.6 Å². The van der Waals surface area contributed by atoms with E-state index in [0.29, 0.717) is 111 Å². The second-order valence-electron chi connectivity index (χ2n) is 28.8. The molecule has 1 heterocycles. The number of hydrogen-bond acceptors (Lipinski definition) is 17. The Kier molecular flexibility index (Phi) is 30.5. The Hall–Kier alpha value is -8.64. The SMILES string of the molecule is CC(C)(CC1Cc2ccccc2C1)NCC(O)COc1cc(CCC(=O)O)ccc1C#N.CC(C)(N)CC1Cc2ccccc2C1.CCOC(=O)CCc1ccc(C#N)c(OCC(O)CNC(C)(C)CC2Cc3ccccc3C2)c1.CCOC(=O)CCc1ccc(C#N)c(OCC2CO2)c1. The molecule has 3 aliphatic carbocycles. The molecule has 4 aliphatic rings. The van der Waals surface area contributed by atoms with Crippen LogP contribution in [0, 0.1) is 51.7 Å². The van der Waals surface area contributed by atoms with Crippen molar-refractivity contribution in [3.8, 4) is 35.5 Å². The van der Waals surface area contributed by atoms with E-state index in [0.717, 1.165) is 67.6 Å². The summed E-state index contributed by atoms with van der Waals surface area (Å²) in [5.74, 6) is 1.95. The molecule has 100 heavy (non-hydrogen) atoms. The summed E-state index contributed by atoms with van der Waals surface area (Å²) in [5.41, 5.74) is 18.5. The summed E-state index contributed by atoms with van der Waals surface area (Å²) in [5, 5.41) is 64.5. The van der Waals surface area contributed by atoms with Crippen LogP contribution in [-0.4, -0.2) is 121 Å². The molecule has 0 spiro atoms. The molecule has 534 valence electrons. The van der Waals surface area contributed by atoms with Gasteiger partial charge < -0.3 is 60.1 Å². The fourth-order valence-corrected chi connectivity index (χ4v) is 13.4. The highest BCUT2D eigenvalue weighted by molar-refractivity contribution is 5.70. The molecule has 0 aromatic heterocycles. The summed E-state index contributed by atoms with van der Waals surface area (Å²) >= 11 is 0. The van der Waals surface area contributed by atoms with Crippen molar-refractivity contribution in [2.75, 3.05) is 52.7 Å². The van der Waals surface area contributed by atoms with Gasteiger partial charge in [-0.25, -0.2) is 0 Å². The molecule has 1 aliphatic heterocycles. The number of nitriles is 3. The summed E-state index contributed by atoms with van der Waals surface area (Å²) < 4.78 is 32.0. The Morgan fingerprint density at radius 3 is 1.14 bits per heavy atom. The van der Waals surface area contributed by atoms with Crippen LogP contribution in [-0.2, 0) is 86.4 Å². The Morgan fingerprint density at radius 2 is 0.840 bits per heavy atom. The van der Waals surface area contributed by atoms with Gasteiger partial charge in [0.2, 0.25) is 0 Å². The first kappa shape index (κ1) is 78.7. The van der Waals surface area contributed by atoms with E-state index in [1.165, 1.54) is 46.2 Å². The maximum absolute atomic E-state index is 11.6. The highest BCUT2D eigenvalue weighted by Gasteiger charge is 2.31. The van der Waals surface area contributed by atoms with E-state index in [1.807, 2.05) is 12.1 Å². The molecular formula is C82H104N6O12. The molecule has 1 saturated heterocycles. The number of carboxylic acid groups (broad SMARTS) is 1. The number of carbonyl (C=O) groups excluding carboxylic acids is 2. The largest absolute Gasteiger partial charge is 0.489 e. The number of esters is 2. The van der Waals surface area contributed by atoms with Crippen LogP contribution in [0.25, 0.3) is 0 Å². The number of epoxide rings is 1. The van der Waals surface area contributed by atoms with E-state index in [2.05, 4.69) is 143 Å². The number of β-amino-alcohol motifs (C(OH)–C–C–N with tert-alkyl or cyclic N) is 2. The lowest BCUT2D eigenvalue weighted by Gasteiger charge is -2.30. The molecule has 6 aromatic rings. The quantitative estimate of drug-likeness (QED) is 0.0169. The van der Waals surface area contributed by atoms with Crippen LogP contribution in [0.5, 0.6) is 17.2 Å². The Morgan fingerprint density at radius 1 is 0.520 bits per heavy atom. The van der Waals surface area contributed by atoms with Crippen LogP contribution in [0.15, 0.2) is 127 Å². The standard InChI is InChI=1S/C28H36N2O4.C26H32N2O4.C15H17NO4.C13H19N/c1-4-33-27(32)12-10-20-9-11-24(17-29)26(15-20)34-19-25(31)18-30-28(2,3)16-21-13-22-7-5-6-8-23(22)14-21;1-26(2,14-19-11-20-5-3-4-6-21(20)12-19)28-16-23(29)17-32-24-13-18(8-10-25(30)31)7-9-22(24)15-27;1-2-18-15(17)6-4-11-3-5-12(8-16)14(7-11)20-10-13-9-19-13;1-13(2,14)9-10-7-11-5-3-4-6-12(11)8-10/h5-9,11,15,21,25,30-31H,4,10,12-14,16,18-19H2,1-3H3;3-7,9,13,19,23,28-29H,8,10-12,14,16-17H2,1-2H3,(H,30,31);3,5,7,13H,2,4,6,9-10H2,1H3;3-6,10H,7-9,14H2,1-2H3. The van der Waals surface area contributed by atoms with E-state index >= 15 is 0 Å². The van der Waals surface area contributed by atoms with Crippen LogP contribution >= 0.6 is 0 Å². The maximum atomic E-state index is 11.6. The second kappa shape index (κ2) is 38.8. The third kappa shape index (κ3) is 27.5. The van der Waals surface area contributed by atoms with E-state index in [9.17, 15) is 35.1 Å². The number of aliphatic hydroxyl groups excluding tert-OH is 2. The molecule has 1 fully saturated rings. The maximum Gasteiger partial charge on any atom is 0.306 e. The number of aryl methyl sites for hydroxylation is 3. The molecule has 10 rings (SSSR count). The molecular weight excluding hydrogens is 1260 g/mol. The number of benzene rings is 6. The van der Waals surface area contributed by atoms with Gasteiger partial charge in [-0.2, -0.15) is 15.8 Å². The normalized spacial score (nSPS) is 15.2. The average molecular weight is 1370 g/mol. The first-order valence-corrected chi connectivity index (χ1v) is 35.3. The monoisotopic (exact) mass is 1360 g/mol. The summed E-state index contributed by atoms with van der Waals surface area (Å²) in [6.45, 7) is 19.3. The van der Waals surface area contributed by atoms with Gasteiger partial charge in [-0.3, -0.25) is 14.4 Å². The zero-order chi connectivity index (χ0) is 72.2. The molecule has 0 amide bonds. The molecule has 18 heteroatoms. The molecule has 3 atom stereocenters. The number of aliphatic hydroxyl groups is 2. The van der Waals surface area contributed by atoms with Crippen molar-refractivity contribution in [2.45, 2.75) is 187 Å². The van der Waals surface area contributed by atoms with E-state index in [-0.39, 0.29) is 60.7 Å². The third-order valence-electron chi connectivity index (χ3n) is 18.1. The molecule has 0 radical (unpaired) electrons. The zero-order valence-electron chi connectivity index (χ0n) is 59.8. The van der Waals surface area contributed by atoms with Gasteiger partial charge >= 0.3 is 17.9 Å². The lowest BCUT2D eigenvalue weighted by molar-refractivity contribution is -0.144. The first-order valence-electron chi connectivity index (χ1n) is 35.3. The number of nitrogens with one attached hydrogen (secondary N) is 2. The third-order valence-corrected chi connectivity index (χ3v) is 18.1. The zero-order valence-corrected chi connectivity index (χ0v) is 59.8. The predicted molar refractivity (Wildman–Crippen MR) is 386 cm³/mol. The number of ether oxygens (including phenoxy) is 6. The number of carbonyl (C=O) groups is 3. The smallest absolute Gasteiger partial charge is 0.306 e. The van der Waals surface area contributed by atoms with Gasteiger partial charge in [-0.15, -0.1) is 0 Å². The van der Waals surface area contributed by atoms with Crippen molar-refractivity contribution >= 4 is 17.9 Å². The molecule has 18 nitrogen and oxygen atoms in total. The fourth-order valence-electron chi connectivity index (χ4n) is 13.4. The number of carboxylic acids is 1. The number of nitrogens with zero attached hydrogens (tertiary/aromatic N) is 3. The molecule has 0 saturated carbocycles. The predicted octanol–water partition coefficient (Wildman–Crippen LogP) is 11.8. The summed E-state index contributed by atoms with van der Waals surface area (Å²) in [6, 6.07) is 48.0. The Labute approximate surface area is 592 Å². The highest BCUT2D eigenvalue weighted by Crippen LogP contribution is 2.35. The van der Waals surface area contributed by atoms with Gasteiger partial charge in [0.15, 0.2) is 0 Å². The number of nitrogens with two attached hydrogens (primary N) is 1. The van der Waals surface area contributed by atoms with Crippen LogP contribution in [0.3, 0.4) is 0 Å². The average Bonchev–Trinajstić information content (AvgIpc) is 1.67. The second-order valence-corrected chi connectivity index (χ2v) is 28.8. The summed E-state index contributed by atoms with van der Waals surface area (Å²) in [4.78, 5) is 33.7. The van der Waals surface area contributed by atoms with Crippen molar-refractivity contribution in [3.63, 3.8) is 0 Å². The van der Waals surface area contributed by atoms with E-state index in [4.69, 9.17) is 44.5 Å². The lowest BCUT2D eigenvalue weighted by atomic mass is 9.88. The van der Waals surface area contributed by atoms with Gasteiger partial charge in [-0.05, 0) is 237 Å². The van der Waals surface area contributed by atoms with Gasteiger partial charge in [-0.1, -0.05) is 91.0 Å². The van der Waals surface area contributed by atoms with Gasteiger partial charge in [0.1, 0.15) is 73.6 Å². The number of aliphatic carboxylic acids is 1. The Bertz CT molecular complexity index is 3690. The van der Waals surface area contributed by atoms with Crippen molar-refractivity contribution in [3.05, 3.63) is 194 Å². The minimum absolute atomic E-state index is 0.0129. The molecule has 6 aromatic carbocycles. The summed E-state index contributed by atoms with van der Waals surface area (Å²) in [7, 11) is 0. The molecule has 7 N–H and O–H groups in total. The Balaban J connectivity index is 0.000000196. The highest BCUT2D eigenvalue weighted by atomic mass is 16.6. The minimum atomic E-state index is -0.873. The number of fused-ring (bicyclic) bond motifs is 3. The van der Waals surface area contributed by atoms with Gasteiger partial charge in [0.25, 0.3) is 0 Å². The van der Waals surface area contributed by atoms with Crippen molar-refractivity contribution < 1.29 is 58.1 Å². The minimum Gasteiger partial charge on any atom is -0.489 e.